The third-order valence-corrected chi connectivity index (χ3v) is 3.20. The minimum atomic E-state index is 0.0232. The van der Waals surface area contributed by atoms with E-state index in [2.05, 4.69) is 37.9 Å². The van der Waals surface area contributed by atoms with Crippen molar-refractivity contribution in [3.05, 3.63) is 28.5 Å². The smallest absolute Gasteiger partial charge is 0.143 e. The highest BCUT2D eigenvalue weighted by Gasteiger charge is 2.13. The molecule has 0 aromatic carbocycles. The summed E-state index contributed by atoms with van der Waals surface area (Å²) >= 11 is 3.41. The molecular weight excluding hydrogens is 296 g/mol. The summed E-state index contributed by atoms with van der Waals surface area (Å²) in [6.45, 7) is 6.47. The SMILES string of the molecule is CCN(Cc1cncc(Br)c1)CC(C)/C(N)=N/O. The molecule has 1 rings (SSSR count). The van der Waals surface area contributed by atoms with E-state index >= 15 is 0 Å². The molecule has 0 radical (unpaired) electrons. The average molecular weight is 315 g/mol. The minimum absolute atomic E-state index is 0.0232. The van der Waals surface area contributed by atoms with E-state index in [1.165, 1.54) is 0 Å². The van der Waals surface area contributed by atoms with E-state index in [1.807, 2.05) is 19.2 Å². The number of nitrogens with zero attached hydrogens (tertiary/aromatic N) is 3. The number of hydrogen-bond acceptors (Lipinski definition) is 4. The molecule has 5 nitrogen and oxygen atoms in total. The first-order valence-electron chi connectivity index (χ1n) is 5.86. The molecule has 18 heavy (non-hydrogen) atoms. The molecule has 0 saturated heterocycles. The lowest BCUT2D eigenvalue weighted by Gasteiger charge is -2.23. The molecule has 0 spiro atoms. The van der Waals surface area contributed by atoms with Crippen LogP contribution >= 0.6 is 15.9 Å². The third kappa shape index (κ3) is 4.62. The zero-order valence-corrected chi connectivity index (χ0v) is 12.3. The zero-order chi connectivity index (χ0) is 13.5. The number of aromatic nitrogens is 1. The maximum absolute atomic E-state index is 8.65. The Morgan fingerprint density at radius 3 is 2.89 bits per heavy atom. The van der Waals surface area contributed by atoms with Crippen molar-refractivity contribution in [2.45, 2.75) is 20.4 Å². The highest BCUT2D eigenvalue weighted by Crippen LogP contribution is 2.12. The number of hydrogen-bond donors (Lipinski definition) is 2. The summed E-state index contributed by atoms with van der Waals surface area (Å²) in [7, 11) is 0. The summed E-state index contributed by atoms with van der Waals surface area (Å²) in [5, 5.41) is 11.7. The Balaban J connectivity index is 2.62. The van der Waals surface area contributed by atoms with Gasteiger partial charge in [-0.2, -0.15) is 0 Å². The van der Waals surface area contributed by atoms with Crippen molar-refractivity contribution < 1.29 is 5.21 Å². The molecule has 0 fully saturated rings. The first kappa shape index (κ1) is 14.9. The fourth-order valence-corrected chi connectivity index (χ4v) is 2.10. The highest BCUT2D eigenvalue weighted by atomic mass is 79.9. The number of halogens is 1. The van der Waals surface area contributed by atoms with Crippen LogP contribution in [-0.2, 0) is 6.54 Å². The number of oxime groups is 1. The van der Waals surface area contributed by atoms with Crippen LogP contribution in [-0.4, -0.2) is 34.0 Å². The lowest BCUT2D eigenvalue weighted by atomic mass is 10.1. The van der Waals surface area contributed by atoms with E-state index < -0.39 is 0 Å². The van der Waals surface area contributed by atoms with Gasteiger partial charge >= 0.3 is 0 Å². The first-order chi connectivity index (χ1) is 8.56. The maximum atomic E-state index is 8.65. The third-order valence-electron chi connectivity index (χ3n) is 2.77. The van der Waals surface area contributed by atoms with Gasteiger partial charge in [0.1, 0.15) is 5.84 Å². The van der Waals surface area contributed by atoms with Gasteiger partial charge in [0.15, 0.2) is 0 Å². The van der Waals surface area contributed by atoms with Gasteiger partial charge in [0.2, 0.25) is 0 Å². The van der Waals surface area contributed by atoms with Gasteiger partial charge in [-0.15, -0.1) is 0 Å². The van der Waals surface area contributed by atoms with Crippen molar-refractivity contribution in [3.8, 4) is 0 Å². The predicted molar refractivity (Wildman–Crippen MR) is 75.5 cm³/mol. The predicted octanol–water partition coefficient (Wildman–Crippen LogP) is 2.05. The molecule has 0 aliphatic rings. The quantitative estimate of drug-likeness (QED) is 0.365. The number of amidine groups is 1. The van der Waals surface area contributed by atoms with Crippen molar-refractivity contribution in [2.24, 2.45) is 16.8 Å². The van der Waals surface area contributed by atoms with Gasteiger partial charge in [-0.25, -0.2) is 0 Å². The van der Waals surface area contributed by atoms with Crippen LogP contribution in [0.25, 0.3) is 0 Å². The van der Waals surface area contributed by atoms with Crippen LogP contribution in [0.1, 0.15) is 19.4 Å². The van der Waals surface area contributed by atoms with Crippen molar-refractivity contribution in [1.82, 2.24) is 9.88 Å². The van der Waals surface area contributed by atoms with Gasteiger partial charge < -0.3 is 10.9 Å². The summed E-state index contributed by atoms with van der Waals surface area (Å²) in [4.78, 5) is 6.37. The molecule has 0 bridgehead atoms. The van der Waals surface area contributed by atoms with E-state index in [1.54, 1.807) is 6.20 Å². The lowest BCUT2D eigenvalue weighted by molar-refractivity contribution is 0.257. The van der Waals surface area contributed by atoms with E-state index in [-0.39, 0.29) is 11.8 Å². The normalized spacial score (nSPS) is 13.9. The Bertz CT molecular complexity index is 411. The molecule has 1 heterocycles. The van der Waals surface area contributed by atoms with Gasteiger partial charge in [-0.3, -0.25) is 9.88 Å². The van der Waals surface area contributed by atoms with Crippen molar-refractivity contribution in [3.63, 3.8) is 0 Å². The Morgan fingerprint density at radius 2 is 2.33 bits per heavy atom. The second-order valence-corrected chi connectivity index (χ2v) is 5.18. The van der Waals surface area contributed by atoms with Gasteiger partial charge in [0, 0.05) is 35.9 Å². The topological polar surface area (TPSA) is 74.7 Å². The maximum Gasteiger partial charge on any atom is 0.143 e. The summed E-state index contributed by atoms with van der Waals surface area (Å²) in [5.74, 6) is 0.288. The summed E-state index contributed by atoms with van der Waals surface area (Å²) in [5.41, 5.74) is 6.73. The Labute approximate surface area is 116 Å². The van der Waals surface area contributed by atoms with Crippen LogP contribution < -0.4 is 5.73 Å². The van der Waals surface area contributed by atoms with E-state index in [0.717, 1.165) is 29.7 Å². The van der Waals surface area contributed by atoms with Crippen LogP contribution in [0.3, 0.4) is 0 Å². The van der Waals surface area contributed by atoms with Crippen molar-refractivity contribution in [2.75, 3.05) is 13.1 Å². The largest absolute Gasteiger partial charge is 0.409 e. The second kappa shape index (κ2) is 7.33. The van der Waals surface area contributed by atoms with Gasteiger partial charge in [-0.05, 0) is 34.1 Å². The standard InChI is InChI=1S/C12H19BrN4O/c1-3-17(7-9(2)12(14)16-18)8-10-4-11(13)6-15-5-10/h4-6,9,18H,3,7-8H2,1-2H3,(H2,14,16). The van der Waals surface area contributed by atoms with Crippen LogP contribution in [0.15, 0.2) is 28.1 Å². The number of nitrogens with two attached hydrogens (primary N) is 1. The fraction of sp³-hybridized carbons (Fsp3) is 0.500. The Hall–Kier alpha value is -1.14. The Morgan fingerprint density at radius 1 is 1.61 bits per heavy atom. The summed E-state index contributed by atoms with van der Waals surface area (Å²) in [6, 6.07) is 2.05. The number of pyridine rings is 1. The minimum Gasteiger partial charge on any atom is -0.409 e. The van der Waals surface area contributed by atoms with Crippen LogP contribution in [0.2, 0.25) is 0 Å². The van der Waals surface area contributed by atoms with E-state index in [0.29, 0.717) is 0 Å². The van der Waals surface area contributed by atoms with Crippen molar-refractivity contribution >= 4 is 21.8 Å². The highest BCUT2D eigenvalue weighted by molar-refractivity contribution is 9.10. The zero-order valence-electron chi connectivity index (χ0n) is 10.7. The van der Waals surface area contributed by atoms with Gasteiger partial charge in [0.05, 0.1) is 0 Å². The molecule has 1 aromatic rings. The van der Waals surface area contributed by atoms with Crippen LogP contribution in [0.4, 0.5) is 0 Å². The summed E-state index contributed by atoms with van der Waals surface area (Å²) < 4.78 is 0.973. The van der Waals surface area contributed by atoms with E-state index in [9.17, 15) is 0 Å². The molecule has 100 valence electrons. The Kier molecular flexibility index (Phi) is 6.07. The number of rotatable bonds is 6. The lowest BCUT2D eigenvalue weighted by Crippen LogP contribution is -2.34. The van der Waals surface area contributed by atoms with Gasteiger partial charge in [-0.1, -0.05) is 19.0 Å². The average Bonchev–Trinajstić information content (AvgIpc) is 2.36. The fourth-order valence-electron chi connectivity index (χ4n) is 1.69. The molecular formula is C12H19BrN4O. The molecule has 1 aromatic heterocycles. The molecule has 0 aliphatic heterocycles. The van der Waals surface area contributed by atoms with E-state index in [4.69, 9.17) is 10.9 Å². The molecule has 1 atom stereocenters. The molecule has 1 unspecified atom stereocenters. The molecule has 0 aliphatic carbocycles. The molecule has 0 amide bonds. The van der Waals surface area contributed by atoms with Gasteiger partial charge in [0.25, 0.3) is 0 Å². The van der Waals surface area contributed by atoms with Crippen LogP contribution in [0.5, 0.6) is 0 Å². The second-order valence-electron chi connectivity index (χ2n) is 4.27. The monoisotopic (exact) mass is 314 g/mol. The molecule has 3 N–H and O–H groups in total. The van der Waals surface area contributed by atoms with Crippen LogP contribution in [0, 0.1) is 5.92 Å². The molecule has 0 saturated carbocycles. The molecule has 6 heteroatoms. The summed E-state index contributed by atoms with van der Waals surface area (Å²) in [6.07, 6.45) is 3.61. The van der Waals surface area contributed by atoms with Crippen molar-refractivity contribution in [1.29, 1.82) is 0 Å². The first-order valence-corrected chi connectivity index (χ1v) is 6.65.